The monoisotopic (exact) mass is 290 g/mol. The van der Waals surface area contributed by atoms with Crippen molar-refractivity contribution in [2.24, 2.45) is 0 Å². The van der Waals surface area contributed by atoms with Crippen molar-refractivity contribution in [3.05, 3.63) is 46.2 Å². The number of amides is 1. The van der Waals surface area contributed by atoms with Crippen molar-refractivity contribution in [1.29, 1.82) is 0 Å². The molecule has 7 nitrogen and oxygen atoms in total. The molecule has 0 aliphatic rings. The van der Waals surface area contributed by atoms with E-state index < -0.39 is 23.4 Å². The minimum absolute atomic E-state index is 0.0919. The number of H-pyrrole nitrogens is 1. The van der Waals surface area contributed by atoms with Crippen LogP contribution >= 0.6 is 0 Å². The highest BCUT2D eigenvalue weighted by Gasteiger charge is 2.18. The number of aromatic amines is 1. The summed E-state index contributed by atoms with van der Waals surface area (Å²) >= 11 is 0. The number of rotatable bonds is 4. The van der Waals surface area contributed by atoms with Crippen molar-refractivity contribution in [3.63, 3.8) is 0 Å². The summed E-state index contributed by atoms with van der Waals surface area (Å²) in [6.07, 6.45) is -0.177. The van der Waals surface area contributed by atoms with Crippen LogP contribution in [0.2, 0.25) is 0 Å². The summed E-state index contributed by atoms with van der Waals surface area (Å²) in [5.74, 6) is -1.53. The summed E-state index contributed by atoms with van der Waals surface area (Å²) < 4.78 is 4.32. The van der Waals surface area contributed by atoms with Gasteiger partial charge in [0.15, 0.2) is 6.10 Å². The quantitative estimate of drug-likeness (QED) is 0.675. The molecular formula is C14H14N2O5. The molecule has 3 N–H and O–H groups in total. The van der Waals surface area contributed by atoms with Crippen molar-refractivity contribution in [2.45, 2.75) is 6.10 Å². The Balaban J connectivity index is 2.19. The molecule has 0 aliphatic heterocycles. The fourth-order valence-electron chi connectivity index (χ4n) is 1.84. The van der Waals surface area contributed by atoms with Crippen LogP contribution in [0, 0.1) is 0 Å². The van der Waals surface area contributed by atoms with Gasteiger partial charge in [0.25, 0.3) is 5.91 Å². The number of aliphatic hydroxyl groups is 1. The maximum absolute atomic E-state index is 12.2. The number of aliphatic hydroxyl groups excluding tert-OH is 1. The standard InChI is InChI=1S/C14H14N2O5/c1-21-14(20)11(17)7-16-13(19)9-6-15-10-5-3-2-4-8(10)12(9)18/h2-6,11,17H,7H2,1H3,(H,15,18)(H,16,19). The zero-order valence-corrected chi connectivity index (χ0v) is 11.3. The predicted octanol–water partition coefficient (Wildman–Crippen LogP) is -0.208. The largest absolute Gasteiger partial charge is 0.467 e. The Bertz CT molecular complexity index is 737. The Labute approximate surface area is 119 Å². The smallest absolute Gasteiger partial charge is 0.336 e. The molecule has 1 heterocycles. The van der Waals surface area contributed by atoms with Gasteiger partial charge in [0.05, 0.1) is 13.7 Å². The van der Waals surface area contributed by atoms with Crippen LogP contribution in [0.5, 0.6) is 0 Å². The molecule has 0 fully saturated rings. The molecule has 1 amide bonds. The molecule has 0 spiro atoms. The van der Waals surface area contributed by atoms with E-state index in [0.717, 1.165) is 7.11 Å². The first-order chi connectivity index (χ1) is 10.0. The minimum Gasteiger partial charge on any atom is -0.467 e. The van der Waals surface area contributed by atoms with Gasteiger partial charge in [-0.3, -0.25) is 9.59 Å². The summed E-state index contributed by atoms with van der Waals surface area (Å²) in [4.78, 5) is 38.0. The number of carbonyl (C=O) groups is 2. The number of fused-ring (bicyclic) bond motifs is 1. The van der Waals surface area contributed by atoms with Gasteiger partial charge in [0.1, 0.15) is 5.56 Å². The number of hydrogen-bond acceptors (Lipinski definition) is 5. The minimum atomic E-state index is -1.47. The third kappa shape index (κ3) is 3.09. The van der Waals surface area contributed by atoms with Crippen molar-refractivity contribution in [3.8, 4) is 0 Å². The van der Waals surface area contributed by atoms with Gasteiger partial charge in [0.2, 0.25) is 5.43 Å². The lowest BCUT2D eigenvalue weighted by Gasteiger charge is -2.09. The molecule has 2 rings (SSSR count). The van der Waals surface area contributed by atoms with Crippen LogP contribution in [0.15, 0.2) is 35.3 Å². The van der Waals surface area contributed by atoms with Gasteiger partial charge >= 0.3 is 5.97 Å². The predicted molar refractivity (Wildman–Crippen MR) is 74.9 cm³/mol. The summed E-state index contributed by atoms with van der Waals surface area (Å²) in [6, 6.07) is 6.79. The van der Waals surface area contributed by atoms with E-state index in [2.05, 4.69) is 15.0 Å². The number of para-hydroxylation sites is 1. The van der Waals surface area contributed by atoms with Crippen LogP contribution in [0.4, 0.5) is 0 Å². The second-order valence-corrected chi connectivity index (χ2v) is 4.33. The molecule has 7 heteroatoms. The number of methoxy groups -OCH3 is 1. The fourth-order valence-corrected chi connectivity index (χ4v) is 1.84. The third-order valence-electron chi connectivity index (χ3n) is 2.96. The number of pyridine rings is 1. The van der Waals surface area contributed by atoms with Crippen molar-refractivity contribution < 1.29 is 19.4 Å². The highest BCUT2D eigenvalue weighted by molar-refractivity contribution is 5.97. The number of esters is 1. The van der Waals surface area contributed by atoms with Crippen molar-refractivity contribution in [2.75, 3.05) is 13.7 Å². The molecule has 2 aromatic rings. The third-order valence-corrected chi connectivity index (χ3v) is 2.96. The van der Waals surface area contributed by atoms with Gasteiger partial charge < -0.3 is 20.1 Å². The zero-order valence-electron chi connectivity index (χ0n) is 11.3. The molecular weight excluding hydrogens is 276 g/mol. The van der Waals surface area contributed by atoms with Gasteiger partial charge in [-0.2, -0.15) is 0 Å². The van der Waals surface area contributed by atoms with E-state index >= 15 is 0 Å². The molecule has 110 valence electrons. The Kier molecular flexibility index (Phi) is 4.34. The van der Waals surface area contributed by atoms with Crippen LogP contribution in [-0.2, 0) is 9.53 Å². The first-order valence-electron chi connectivity index (χ1n) is 6.19. The first kappa shape index (κ1) is 14.7. The van der Waals surface area contributed by atoms with E-state index in [1.165, 1.54) is 6.20 Å². The van der Waals surface area contributed by atoms with Gasteiger partial charge in [-0.15, -0.1) is 0 Å². The Morgan fingerprint density at radius 1 is 1.38 bits per heavy atom. The number of aromatic nitrogens is 1. The normalized spacial score (nSPS) is 11.9. The topological polar surface area (TPSA) is 108 Å². The highest BCUT2D eigenvalue weighted by atomic mass is 16.5. The number of nitrogens with one attached hydrogen (secondary N) is 2. The molecule has 0 radical (unpaired) electrons. The van der Waals surface area contributed by atoms with E-state index in [0.29, 0.717) is 10.9 Å². The van der Waals surface area contributed by atoms with Crippen LogP contribution in [0.3, 0.4) is 0 Å². The van der Waals surface area contributed by atoms with Crippen LogP contribution < -0.4 is 10.7 Å². The fraction of sp³-hybridized carbons (Fsp3) is 0.214. The molecule has 0 saturated carbocycles. The van der Waals surface area contributed by atoms with Crippen LogP contribution in [-0.4, -0.2) is 41.7 Å². The van der Waals surface area contributed by atoms with E-state index in [1.54, 1.807) is 24.3 Å². The van der Waals surface area contributed by atoms with Gasteiger partial charge in [0, 0.05) is 17.1 Å². The van der Waals surface area contributed by atoms with Crippen molar-refractivity contribution in [1.82, 2.24) is 10.3 Å². The molecule has 1 aromatic carbocycles. The van der Waals surface area contributed by atoms with Gasteiger partial charge in [-0.1, -0.05) is 12.1 Å². The molecule has 1 atom stereocenters. The SMILES string of the molecule is COC(=O)C(O)CNC(=O)c1c[nH]c2ccccc2c1=O. The van der Waals surface area contributed by atoms with E-state index in [1.807, 2.05) is 0 Å². The summed E-state index contributed by atoms with van der Waals surface area (Å²) in [5, 5.41) is 12.1. The van der Waals surface area contributed by atoms with E-state index in [-0.39, 0.29) is 12.1 Å². The number of benzene rings is 1. The van der Waals surface area contributed by atoms with Crippen LogP contribution in [0.25, 0.3) is 10.9 Å². The second kappa shape index (κ2) is 6.19. The maximum atomic E-state index is 12.2. The van der Waals surface area contributed by atoms with Gasteiger partial charge in [-0.25, -0.2) is 4.79 Å². The Morgan fingerprint density at radius 3 is 2.81 bits per heavy atom. The number of ether oxygens (including phenoxy) is 1. The molecule has 1 aromatic heterocycles. The molecule has 0 saturated heterocycles. The summed E-state index contributed by atoms with van der Waals surface area (Å²) in [5.41, 5.74) is 0.105. The average Bonchev–Trinajstić information content (AvgIpc) is 2.52. The van der Waals surface area contributed by atoms with Crippen molar-refractivity contribution >= 4 is 22.8 Å². The lowest BCUT2D eigenvalue weighted by atomic mass is 10.1. The lowest BCUT2D eigenvalue weighted by Crippen LogP contribution is -2.38. The summed E-state index contributed by atoms with van der Waals surface area (Å²) in [6.45, 7) is -0.336. The Morgan fingerprint density at radius 2 is 2.10 bits per heavy atom. The Hall–Kier alpha value is -2.67. The first-order valence-corrected chi connectivity index (χ1v) is 6.19. The van der Waals surface area contributed by atoms with Gasteiger partial charge in [-0.05, 0) is 12.1 Å². The number of hydrogen-bond donors (Lipinski definition) is 3. The molecule has 1 unspecified atom stereocenters. The summed E-state index contributed by atoms with van der Waals surface area (Å²) in [7, 11) is 1.13. The van der Waals surface area contributed by atoms with E-state index in [4.69, 9.17) is 0 Å². The molecule has 21 heavy (non-hydrogen) atoms. The second-order valence-electron chi connectivity index (χ2n) is 4.33. The lowest BCUT2D eigenvalue weighted by molar-refractivity contribution is -0.149. The van der Waals surface area contributed by atoms with Crippen LogP contribution in [0.1, 0.15) is 10.4 Å². The highest BCUT2D eigenvalue weighted by Crippen LogP contribution is 2.06. The average molecular weight is 290 g/mol. The van der Waals surface area contributed by atoms with E-state index in [9.17, 15) is 19.5 Å². The maximum Gasteiger partial charge on any atom is 0.336 e. The number of carbonyl (C=O) groups excluding carboxylic acids is 2. The zero-order chi connectivity index (χ0) is 15.4. The molecule has 0 bridgehead atoms. The molecule has 0 aliphatic carbocycles.